The van der Waals surface area contributed by atoms with Crippen LogP contribution >= 0.6 is 0 Å². The number of benzene rings is 1. The molecule has 2 unspecified atom stereocenters. The van der Waals surface area contributed by atoms with Crippen molar-refractivity contribution in [2.75, 3.05) is 19.8 Å². The first-order valence-corrected chi connectivity index (χ1v) is 6.95. The normalized spacial score (nSPS) is 19.5. The van der Waals surface area contributed by atoms with Crippen molar-refractivity contribution < 1.29 is 14.6 Å². The van der Waals surface area contributed by atoms with Gasteiger partial charge >= 0.3 is 0 Å². The molecule has 5 nitrogen and oxygen atoms in total. The smallest absolute Gasteiger partial charge is 0.163 e. The number of rotatable bonds is 6. The Hall–Kier alpha value is -1.77. The van der Waals surface area contributed by atoms with Crippen LogP contribution in [0.2, 0.25) is 0 Å². The van der Waals surface area contributed by atoms with Crippen LogP contribution < -0.4 is 10.1 Å². The fraction of sp³-hybridized carbons (Fsp3) is 0.533. The van der Waals surface area contributed by atoms with Gasteiger partial charge in [0.1, 0.15) is 6.04 Å². The SMILES string of the molecule is CCOc1cccc(C(C#N)NCC2CCCO2)c1O. The molecule has 5 heteroatoms. The summed E-state index contributed by atoms with van der Waals surface area (Å²) in [7, 11) is 0. The third-order valence-electron chi connectivity index (χ3n) is 3.34. The van der Waals surface area contributed by atoms with Gasteiger partial charge in [0, 0.05) is 18.7 Å². The summed E-state index contributed by atoms with van der Waals surface area (Å²) in [6, 6.07) is 6.80. The zero-order valence-electron chi connectivity index (χ0n) is 11.6. The number of hydrogen-bond donors (Lipinski definition) is 2. The Balaban J connectivity index is 2.06. The predicted molar refractivity (Wildman–Crippen MR) is 74.6 cm³/mol. The molecule has 1 saturated heterocycles. The number of phenols is 1. The number of nitriles is 1. The maximum atomic E-state index is 10.2. The summed E-state index contributed by atoms with van der Waals surface area (Å²) in [5, 5.41) is 22.6. The fourth-order valence-corrected chi connectivity index (χ4v) is 2.32. The van der Waals surface area contributed by atoms with Crippen molar-refractivity contribution in [3.8, 4) is 17.6 Å². The number of phenolic OH excluding ortho intramolecular Hbond substituents is 1. The lowest BCUT2D eigenvalue weighted by molar-refractivity contribution is 0.109. The van der Waals surface area contributed by atoms with E-state index in [1.165, 1.54) is 0 Å². The van der Waals surface area contributed by atoms with Gasteiger partial charge in [-0.15, -0.1) is 0 Å². The summed E-state index contributed by atoms with van der Waals surface area (Å²) in [5.74, 6) is 0.435. The quantitative estimate of drug-likeness (QED) is 0.832. The average molecular weight is 276 g/mol. The van der Waals surface area contributed by atoms with E-state index in [9.17, 15) is 10.4 Å². The molecule has 0 radical (unpaired) electrons. The van der Waals surface area contributed by atoms with Crippen molar-refractivity contribution in [1.82, 2.24) is 5.32 Å². The fourth-order valence-electron chi connectivity index (χ4n) is 2.32. The Bertz CT molecular complexity index is 478. The Labute approximate surface area is 119 Å². The van der Waals surface area contributed by atoms with Crippen molar-refractivity contribution in [3.63, 3.8) is 0 Å². The third kappa shape index (κ3) is 3.41. The number of para-hydroxylation sites is 1. The van der Waals surface area contributed by atoms with Crippen molar-refractivity contribution >= 4 is 0 Å². The first-order chi connectivity index (χ1) is 9.76. The van der Waals surface area contributed by atoms with Crippen LogP contribution in [0, 0.1) is 11.3 Å². The van der Waals surface area contributed by atoms with E-state index in [0.29, 0.717) is 24.5 Å². The van der Waals surface area contributed by atoms with Gasteiger partial charge in [-0.3, -0.25) is 5.32 Å². The molecule has 1 aliphatic heterocycles. The standard InChI is InChI=1S/C15H20N2O3/c1-2-19-14-7-3-6-12(15(14)18)13(9-16)17-10-11-5-4-8-20-11/h3,6-7,11,13,17-18H,2,4-5,8,10H2,1H3. The minimum Gasteiger partial charge on any atom is -0.504 e. The molecule has 0 aliphatic carbocycles. The summed E-state index contributed by atoms with van der Waals surface area (Å²) >= 11 is 0. The van der Waals surface area contributed by atoms with Crippen LogP contribution in [0.5, 0.6) is 11.5 Å². The van der Waals surface area contributed by atoms with E-state index in [4.69, 9.17) is 9.47 Å². The highest BCUT2D eigenvalue weighted by Gasteiger charge is 2.21. The van der Waals surface area contributed by atoms with E-state index < -0.39 is 6.04 Å². The van der Waals surface area contributed by atoms with Crippen LogP contribution in [0.25, 0.3) is 0 Å². The summed E-state index contributed by atoms with van der Waals surface area (Å²) in [5.41, 5.74) is 0.538. The minimum atomic E-state index is -0.570. The van der Waals surface area contributed by atoms with Gasteiger partial charge in [-0.05, 0) is 25.8 Å². The van der Waals surface area contributed by atoms with Gasteiger partial charge in [-0.25, -0.2) is 0 Å². The van der Waals surface area contributed by atoms with E-state index in [1.807, 2.05) is 6.92 Å². The van der Waals surface area contributed by atoms with Crippen molar-refractivity contribution in [2.45, 2.75) is 31.9 Å². The van der Waals surface area contributed by atoms with E-state index in [-0.39, 0.29) is 11.9 Å². The second kappa shape index (κ2) is 7.13. The molecule has 0 spiro atoms. The maximum absolute atomic E-state index is 10.2. The van der Waals surface area contributed by atoms with Gasteiger partial charge in [0.15, 0.2) is 11.5 Å². The molecule has 1 aromatic carbocycles. The predicted octanol–water partition coefficient (Wildman–Crippen LogP) is 2.12. The van der Waals surface area contributed by atoms with E-state index >= 15 is 0 Å². The average Bonchev–Trinajstić information content (AvgIpc) is 2.96. The van der Waals surface area contributed by atoms with Crippen LogP contribution in [0.4, 0.5) is 0 Å². The number of aromatic hydroxyl groups is 1. The molecule has 1 heterocycles. The lowest BCUT2D eigenvalue weighted by atomic mass is 10.1. The molecule has 0 aromatic heterocycles. The topological polar surface area (TPSA) is 74.5 Å². The Morgan fingerprint density at radius 3 is 3.10 bits per heavy atom. The van der Waals surface area contributed by atoms with Gasteiger partial charge in [-0.1, -0.05) is 12.1 Å². The Kier molecular flexibility index (Phi) is 5.22. The van der Waals surface area contributed by atoms with E-state index in [2.05, 4.69) is 11.4 Å². The lowest BCUT2D eigenvalue weighted by Gasteiger charge is -2.17. The first kappa shape index (κ1) is 14.6. The molecule has 2 N–H and O–H groups in total. The number of nitrogens with one attached hydrogen (secondary N) is 1. The monoisotopic (exact) mass is 276 g/mol. The van der Waals surface area contributed by atoms with Crippen molar-refractivity contribution in [2.24, 2.45) is 0 Å². The van der Waals surface area contributed by atoms with Crippen LogP contribution in [-0.2, 0) is 4.74 Å². The zero-order valence-corrected chi connectivity index (χ0v) is 11.6. The molecule has 108 valence electrons. The van der Waals surface area contributed by atoms with Crippen LogP contribution in [0.1, 0.15) is 31.4 Å². The Morgan fingerprint density at radius 2 is 2.45 bits per heavy atom. The number of hydrogen-bond acceptors (Lipinski definition) is 5. The van der Waals surface area contributed by atoms with Crippen molar-refractivity contribution in [3.05, 3.63) is 23.8 Å². The van der Waals surface area contributed by atoms with Gasteiger partial charge in [0.25, 0.3) is 0 Å². The largest absolute Gasteiger partial charge is 0.504 e. The van der Waals surface area contributed by atoms with E-state index in [0.717, 1.165) is 19.4 Å². The highest BCUT2D eigenvalue weighted by molar-refractivity contribution is 5.48. The first-order valence-electron chi connectivity index (χ1n) is 6.95. The minimum absolute atomic E-state index is 0.0285. The van der Waals surface area contributed by atoms with Gasteiger partial charge in [0.2, 0.25) is 0 Å². The van der Waals surface area contributed by atoms with Gasteiger partial charge < -0.3 is 14.6 Å². The number of ether oxygens (including phenoxy) is 2. The number of nitrogens with zero attached hydrogens (tertiary/aromatic N) is 1. The summed E-state index contributed by atoms with van der Waals surface area (Å²) in [6.07, 6.45) is 2.23. The highest BCUT2D eigenvalue weighted by atomic mass is 16.5. The molecule has 2 atom stereocenters. The molecule has 2 rings (SSSR count). The van der Waals surface area contributed by atoms with Crippen LogP contribution in [0.15, 0.2) is 18.2 Å². The molecule has 0 bridgehead atoms. The van der Waals surface area contributed by atoms with Crippen LogP contribution in [0.3, 0.4) is 0 Å². The Morgan fingerprint density at radius 1 is 1.60 bits per heavy atom. The highest BCUT2D eigenvalue weighted by Crippen LogP contribution is 2.33. The second-order valence-electron chi connectivity index (χ2n) is 4.73. The van der Waals surface area contributed by atoms with Gasteiger partial charge in [0.05, 0.1) is 18.8 Å². The van der Waals surface area contributed by atoms with Crippen molar-refractivity contribution in [1.29, 1.82) is 5.26 Å². The molecule has 0 amide bonds. The summed E-state index contributed by atoms with van der Waals surface area (Å²) in [6.45, 7) is 3.71. The molecule has 0 saturated carbocycles. The maximum Gasteiger partial charge on any atom is 0.163 e. The third-order valence-corrected chi connectivity index (χ3v) is 3.34. The molecular weight excluding hydrogens is 256 g/mol. The second-order valence-corrected chi connectivity index (χ2v) is 4.73. The molecule has 20 heavy (non-hydrogen) atoms. The van der Waals surface area contributed by atoms with Gasteiger partial charge in [-0.2, -0.15) is 5.26 Å². The molecule has 1 aliphatic rings. The lowest BCUT2D eigenvalue weighted by Crippen LogP contribution is -2.29. The molecule has 1 aromatic rings. The molecular formula is C15H20N2O3. The van der Waals surface area contributed by atoms with Crippen LogP contribution in [-0.4, -0.2) is 31.0 Å². The molecule has 1 fully saturated rings. The summed E-state index contributed by atoms with van der Waals surface area (Å²) < 4.78 is 10.9. The summed E-state index contributed by atoms with van der Waals surface area (Å²) in [4.78, 5) is 0. The zero-order chi connectivity index (χ0) is 14.4. The van der Waals surface area contributed by atoms with E-state index in [1.54, 1.807) is 18.2 Å².